The molecule has 4 rings (SSSR count). The fourth-order valence-electron chi connectivity index (χ4n) is 3.41. The number of nitrogens with one attached hydrogen (secondary N) is 1. The largest absolute Gasteiger partial charge is 0.307 e. The SMILES string of the molecule is Cc1cc(-c2cc3ccc(=O)[nH]c3nc2-c2ccn(C)n2)cc(Cl)c1CS(C)(=O)=O. The zero-order valence-corrected chi connectivity index (χ0v) is 18.2. The van der Waals surface area contributed by atoms with Crippen molar-refractivity contribution in [2.45, 2.75) is 12.7 Å². The highest BCUT2D eigenvalue weighted by molar-refractivity contribution is 7.89. The van der Waals surface area contributed by atoms with Crippen molar-refractivity contribution < 1.29 is 8.42 Å². The molecule has 154 valence electrons. The average molecular weight is 443 g/mol. The van der Waals surface area contributed by atoms with Crippen molar-refractivity contribution in [1.29, 1.82) is 0 Å². The molecule has 3 aromatic heterocycles. The van der Waals surface area contributed by atoms with E-state index in [1.165, 1.54) is 12.3 Å². The van der Waals surface area contributed by atoms with Gasteiger partial charge in [0.15, 0.2) is 9.84 Å². The second kappa shape index (κ2) is 7.37. The molecule has 0 unspecified atom stereocenters. The van der Waals surface area contributed by atoms with Crippen molar-refractivity contribution >= 4 is 32.5 Å². The summed E-state index contributed by atoms with van der Waals surface area (Å²) in [5.74, 6) is -0.123. The Morgan fingerprint density at radius 2 is 1.93 bits per heavy atom. The number of halogens is 1. The number of benzene rings is 1. The molecule has 3 heterocycles. The van der Waals surface area contributed by atoms with Crippen LogP contribution in [0.1, 0.15) is 11.1 Å². The maximum absolute atomic E-state index is 11.8. The lowest BCUT2D eigenvalue weighted by Crippen LogP contribution is -2.05. The molecule has 9 heteroatoms. The second-order valence-electron chi connectivity index (χ2n) is 7.34. The maximum atomic E-state index is 11.8. The van der Waals surface area contributed by atoms with Crippen molar-refractivity contribution in [2.75, 3.05) is 6.26 Å². The third-order valence-electron chi connectivity index (χ3n) is 4.80. The van der Waals surface area contributed by atoms with Gasteiger partial charge in [-0.3, -0.25) is 9.48 Å². The zero-order valence-electron chi connectivity index (χ0n) is 16.6. The van der Waals surface area contributed by atoms with Crippen molar-refractivity contribution in [3.63, 3.8) is 0 Å². The quantitative estimate of drug-likeness (QED) is 0.521. The number of H-pyrrole nitrogens is 1. The lowest BCUT2D eigenvalue weighted by Gasteiger charge is -2.14. The highest BCUT2D eigenvalue weighted by Gasteiger charge is 2.18. The van der Waals surface area contributed by atoms with Gasteiger partial charge >= 0.3 is 0 Å². The van der Waals surface area contributed by atoms with Crippen molar-refractivity contribution in [1.82, 2.24) is 19.7 Å². The Morgan fingerprint density at radius 1 is 1.17 bits per heavy atom. The number of sulfone groups is 1. The van der Waals surface area contributed by atoms with Gasteiger partial charge in [-0.05, 0) is 47.9 Å². The first-order valence-corrected chi connectivity index (χ1v) is 11.6. The van der Waals surface area contributed by atoms with Gasteiger partial charge in [0, 0.05) is 41.5 Å². The summed E-state index contributed by atoms with van der Waals surface area (Å²) < 4.78 is 25.2. The number of aryl methyl sites for hydroxylation is 2. The first-order chi connectivity index (χ1) is 14.1. The molecular weight excluding hydrogens is 424 g/mol. The van der Waals surface area contributed by atoms with Gasteiger partial charge in [0.2, 0.25) is 5.56 Å². The van der Waals surface area contributed by atoms with Gasteiger partial charge < -0.3 is 4.98 Å². The van der Waals surface area contributed by atoms with E-state index in [4.69, 9.17) is 11.6 Å². The highest BCUT2D eigenvalue weighted by Crippen LogP contribution is 2.35. The van der Waals surface area contributed by atoms with E-state index >= 15 is 0 Å². The van der Waals surface area contributed by atoms with E-state index in [1.807, 2.05) is 38.4 Å². The normalized spacial score (nSPS) is 11.9. The molecule has 0 aliphatic carbocycles. The summed E-state index contributed by atoms with van der Waals surface area (Å²) in [6, 6.07) is 10.6. The molecule has 7 nitrogen and oxygen atoms in total. The Balaban J connectivity index is 1.98. The van der Waals surface area contributed by atoms with E-state index < -0.39 is 9.84 Å². The number of nitrogens with zero attached hydrogens (tertiary/aromatic N) is 3. The second-order valence-corrected chi connectivity index (χ2v) is 9.89. The van der Waals surface area contributed by atoms with E-state index in [1.54, 1.807) is 16.8 Å². The first-order valence-electron chi connectivity index (χ1n) is 9.12. The van der Waals surface area contributed by atoms with E-state index in [9.17, 15) is 13.2 Å². The number of aromatic amines is 1. The molecule has 0 aliphatic heterocycles. The summed E-state index contributed by atoms with van der Waals surface area (Å²) in [6.07, 6.45) is 3.00. The fourth-order valence-corrected chi connectivity index (χ4v) is 4.73. The van der Waals surface area contributed by atoms with E-state index in [2.05, 4.69) is 15.1 Å². The Kier molecular flexibility index (Phi) is 4.99. The summed E-state index contributed by atoms with van der Waals surface area (Å²) in [7, 11) is -1.41. The summed E-state index contributed by atoms with van der Waals surface area (Å²) in [6.45, 7) is 1.84. The van der Waals surface area contributed by atoms with Crippen LogP contribution in [0.25, 0.3) is 33.5 Å². The molecule has 0 aliphatic rings. The lowest BCUT2D eigenvalue weighted by atomic mass is 9.97. The Hall–Kier alpha value is -2.97. The van der Waals surface area contributed by atoms with Gasteiger partial charge in [0.25, 0.3) is 0 Å². The Labute approximate surface area is 178 Å². The van der Waals surface area contributed by atoms with Gasteiger partial charge in [-0.1, -0.05) is 17.7 Å². The summed E-state index contributed by atoms with van der Waals surface area (Å²) >= 11 is 6.48. The number of hydrogen-bond donors (Lipinski definition) is 1. The molecule has 0 saturated heterocycles. The zero-order chi connectivity index (χ0) is 21.6. The van der Waals surface area contributed by atoms with Gasteiger partial charge in [0.05, 0.1) is 5.75 Å². The third-order valence-corrected chi connectivity index (χ3v) is 5.95. The van der Waals surface area contributed by atoms with Crippen LogP contribution >= 0.6 is 11.6 Å². The van der Waals surface area contributed by atoms with Gasteiger partial charge in [-0.25, -0.2) is 13.4 Å². The van der Waals surface area contributed by atoms with Crippen LogP contribution < -0.4 is 5.56 Å². The maximum Gasteiger partial charge on any atom is 0.249 e. The molecule has 0 saturated carbocycles. The van der Waals surface area contributed by atoms with Crippen LogP contribution in [0.2, 0.25) is 5.02 Å². The third kappa shape index (κ3) is 4.01. The van der Waals surface area contributed by atoms with Crippen LogP contribution in [0, 0.1) is 6.92 Å². The molecular formula is C21H19ClN4O3S. The monoisotopic (exact) mass is 442 g/mol. The van der Waals surface area contributed by atoms with Crippen molar-refractivity contribution in [3.8, 4) is 22.5 Å². The van der Waals surface area contributed by atoms with Gasteiger partial charge in [-0.15, -0.1) is 0 Å². The molecule has 0 atom stereocenters. The Bertz CT molecular complexity index is 1430. The predicted octanol–water partition coefficient (Wildman–Crippen LogP) is 3.50. The highest BCUT2D eigenvalue weighted by atomic mass is 35.5. The van der Waals surface area contributed by atoms with Crippen LogP contribution in [0.5, 0.6) is 0 Å². The predicted molar refractivity (Wildman–Crippen MR) is 118 cm³/mol. The Morgan fingerprint density at radius 3 is 2.57 bits per heavy atom. The number of fused-ring (bicyclic) bond motifs is 1. The van der Waals surface area contributed by atoms with Crippen LogP contribution in [0.3, 0.4) is 0 Å². The molecule has 0 radical (unpaired) electrons. The lowest BCUT2D eigenvalue weighted by molar-refractivity contribution is 0.601. The smallest absolute Gasteiger partial charge is 0.249 e. The van der Waals surface area contributed by atoms with Crippen molar-refractivity contribution in [2.24, 2.45) is 7.05 Å². The van der Waals surface area contributed by atoms with Crippen molar-refractivity contribution in [3.05, 3.63) is 69.1 Å². The summed E-state index contributed by atoms with van der Waals surface area (Å²) in [4.78, 5) is 19.2. The molecule has 0 spiro atoms. The number of hydrogen-bond acceptors (Lipinski definition) is 5. The topological polar surface area (TPSA) is 97.7 Å². The van der Waals surface area contributed by atoms with Gasteiger partial charge in [0.1, 0.15) is 17.0 Å². The fraction of sp³-hybridized carbons (Fsp3) is 0.190. The minimum atomic E-state index is -3.22. The molecule has 0 amide bonds. The van der Waals surface area contributed by atoms with Gasteiger partial charge in [-0.2, -0.15) is 5.10 Å². The molecule has 0 fully saturated rings. The minimum absolute atomic E-state index is 0.123. The summed E-state index contributed by atoms with van der Waals surface area (Å²) in [5, 5.41) is 5.60. The number of rotatable bonds is 4. The number of pyridine rings is 2. The molecule has 1 N–H and O–H groups in total. The standard InChI is InChI=1S/C21H19ClN4O3S/c1-12-8-14(10-17(22)16(12)11-30(3,28)29)15-9-13-4-5-19(27)23-21(13)24-20(15)18-6-7-26(2)25-18/h4-10H,11H2,1-3H3,(H,23,24,27). The van der Waals surface area contributed by atoms with E-state index in [0.29, 0.717) is 27.6 Å². The average Bonchev–Trinajstić information content (AvgIpc) is 3.09. The van der Waals surface area contributed by atoms with E-state index in [0.717, 1.165) is 22.1 Å². The van der Waals surface area contributed by atoms with Crippen LogP contribution in [0.4, 0.5) is 0 Å². The molecule has 0 bridgehead atoms. The van der Waals surface area contributed by atoms with Crippen LogP contribution in [-0.2, 0) is 22.6 Å². The molecule has 4 aromatic rings. The first kappa shape index (κ1) is 20.3. The van der Waals surface area contributed by atoms with Crippen LogP contribution in [-0.4, -0.2) is 34.4 Å². The molecule has 1 aromatic carbocycles. The minimum Gasteiger partial charge on any atom is -0.307 e. The van der Waals surface area contributed by atoms with Crippen LogP contribution in [0.15, 0.2) is 47.4 Å². The van der Waals surface area contributed by atoms with E-state index in [-0.39, 0.29) is 11.3 Å². The number of aromatic nitrogens is 4. The summed E-state index contributed by atoms with van der Waals surface area (Å²) in [5.41, 5.74) is 4.39. The molecule has 30 heavy (non-hydrogen) atoms.